The van der Waals surface area contributed by atoms with Crippen molar-refractivity contribution in [3.05, 3.63) is 30.3 Å². The number of halogens is 1. The summed E-state index contributed by atoms with van der Waals surface area (Å²) < 4.78 is 12.5. The van der Waals surface area contributed by atoms with Crippen molar-refractivity contribution in [3.63, 3.8) is 0 Å². The summed E-state index contributed by atoms with van der Waals surface area (Å²) in [6.45, 7) is 0. The number of hydrogen-bond donors (Lipinski definition) is 1. The zero-order valence-corrected chi connectivity index (χ0v) is 5.29. The molecular weight excluding hydrogens is 131 g/mol. The summed E-state index contributed by atoms with van der Waals surface area (Å²) in [6.07, 6.45) is 0.620. The van der Waals surface area contributed by atoms with E-state index in [1.165, 1.54) is 0 Å². The molecule has 0 spiro atoms. The van der Waals surface area contributed by atoms with E-state index in [2.05, 4.69) is 0 Å². The van der Waals surface area contributed by atoms with Gasteiger partial charge in [0.15, 0.2) is 0 Å². The maximum Gasteiger partial charge on any atom is 0.118 e. The van der Waals surface area contributed by atoms with Crippen LogP contribution in [0.3, 0.4) is 0 Å². The van der Waals surface area contributed by atoms with Gasteiger partial charge < -0.3 is 0 Å². The Balaban J connectivity index is 2.84. The summed E-state index contributed by atoms with van der Waals surface area (Å²) >= 11 is 0. The van der Waals surface area contributed by atoms with E-state index in [0.717, 1.165) is 0 Å². The van der Waals surface area contributed by atoms with Gasteiger partial charge in [-0.1, -0.05) is 22.7 Å². The van der Waals surface area contributed by atoms with Gasteiger partial charge in [-0.2, -0.15) is 5.12 Å². The summed E-state index contributed by atoms with van der Waals surface area (Å²) in [5.74, 6) is 0. The Kier molecular flexibility index (Phi) is 1.99. The third kappa shape index (κ3) is 1.31. The van der Waals surface area contributed by atoms with Gasteiger partial charge in [-0.3, -0.25) is 5.41 Å². The van der Waals surface area contributed by atoms with Crippen molar-refractivity contribution in [2.45, 2.75) is 0 Å². The van der Waals surface area contributed by atoms with E-state index in [-0.39, 0.29) is 5.12 Å². The molecule has 10 heavy (non-hydrogen) atoms. The van der Waals surface area contributed by atoms with Crippen molar-refractivity contribution >= 4 is 12.0 Å². The molecule has 3 heteroatoms. The van der Waals surface area contributed by atoms with E-state index in [1.54, 1.807) is 30.3 Å². The first kappa shape index (κ1) is 6.74. The van der Waals surface area contributed by atoms with Crippen LogP contribution in [0.1, 0.15) is 0 Å². The van der Waals surface area contributed by atoms with E-state index in [9.17, 15) is 4.48 Å². The van der Waals surface area contributed by atoms with Crippen LogP contribution >= 0.6 is 0 Å². The topological polar surface area (TPSA) is 27.1 Å². The molecule has 0 saturated carbocycles. The second-order valence-corrected chi connectivity index (χ2v) is 1.78. The van der Waals surface area contributed by atoms with Crippen molar-refractivity contribution in [3.8, 4) is 0 Å². The first-order valence-electron chi connectivity index (χ1n) is 2.85. The van der Waals surface area contributed by atoms with E-state index in [0.29, 0.717) is 12.0 Å². The lowest BCUT2D eigenvalue weighted by Crippen LogP contribution is -2.06. The predicted molar refractivity (Wildman–Crippen MR) is 38.8 cm³/mol. The number of nitrogens with zero attached hydrogens (tertiary/aromatic N) is 1. The molecule has 0 radical (unpaired) electrons. The fourth-order valence-corrected chi connectivity index (χ4v) is 0.645. The van der Waals surface area contributed by atoms with Gasteiger partial charge in [0.2, 0.25) is 0 Å². The van der Waals surface area contributed by atoms with Crippen molar-refractivity contribution in [1.82, 2.24) is 0 Å². The average Bonchev–Trinajstić information content (AvgIpc) is 2.05. The number of rotatable bonds is 2. The van der Waals surface area contributed by atoms with Crippen LogP contribution in [0.25, 0.3) is 0 Å². The molecule has 0 amide bonds. The van der Waals surface area contributed by atoms with Crippen LogP contribution < -0.4 is 5.12 Å². The summed E-state index contributed by atoms with van der Waals surface area (Å²) in [4.78, 5) is 0. The van der Waals surface area contributed by atoms with Crippen LogP contribution in [0.4, 0.5) is 10.2 Å². The normalized spacial score (nSPS) is 8.90. The van der Waals surface area contributed by atoms with E-state index in [1.807, 2.05) is 0 Å². The molecule has 1 rings (SSSR count). The Morgan fingerprint density at radius 2 is 1.90 bits per heavy atom. The lowest BCUT2D eigenvalue weighted by Gasteiger charge is -2.04. The Hall–Kier alpha value is -1.38. The predicted octanol–water partition coefficient (Wildman–Crippen LogP) is 1.98. The summed E-state index contributed by atoms with van der Waals surface area (Å²) in [5, 5.41) is 6.82. The van der Waals surface area contributed by atoms with Gasteiger partial charge in [0.05, 0.1) is 5.69 Å². The Morgan fingerprint density at radius 3 is 2.40 bits per heavy atom. The highest BCUT2D eigenvalue weighted by molar-refractivity contribution is 5.73. The molecule has 0 aliphatic heterocycles. The van der Waals surface area contributed by atoms with Crippen molar-refractivity contribution in [2.75, 3.05) is 5.12 Å². The molecule has 0 aliphatic carbocycles. The fourth-order valence-electron chi connectivity index (χ4n) is 0.645. The first-order valence-corrected chi connectivity index (χ1v) is 2.85. The molecule has 1 aromatic carbocycles. The molecule has 0 atom stereocenters. The quantitative estimate of drug-likeness (QED) is 0.377. The lowest BCUT2D eigenvalue weighted by atomic mass is 10.3. The van der Waals surface area contributed by atoms with Gasteiger partial charge in [-0.15, -0.1) is 0 Å². The molecular formula is C7H7FN2. The van der Waals surface area contributed by atoms with E-state index < -0.39 is 0 Å². The van der Waals surface area contributed by atoms with Crippen molar-refractivity contribution in [2.24, 2.45) is 0 Å². The third-order valence-corrected chi connectivity index (χ3v) is 1.12. The Bertz CT molecular complexity index is 210. The molecule has 2 nitrogen and oxygen atoms in total. The maximum absolute atomic E-state index is 12.5. The van der Waals surface area contributed by atoms with Gasteiger partial charge in [0, 0.05) is 0 Å². The van der Waals surface area contributed by atoms with Crippen LogP contribution in [-0.4, -0.2) is 6.34 Å². The average molecular weight is 138 g/mol. The smallest absolute Gasteiger partial charge is 0.118 e. The second-order valence-electron chi connectivity index (χ2n) is 1.78. The fraction of sp³-hybridized carbons (Fsp3) is 0. The zero-order valence-electron chi connectivity index (χ0n) is 5.29. The highest BCUT2D eigenvalue weighted by Crippen LogP contribution is 2.10. The monoisotopic (exact) mass is 138 g/mol. The number of para-hydroxylation sites is 1. The van der Waals surface area contributed by atoms with Crippen molar-refractivity contribution < 1.29 is 4.48 Å². The number of anilines is 1. The van der Waals surface area contributed by atoms with Crippen LogP contribution in [0.2, 0.25) is 0 Å². The number of hydrogen-bond acceptors (Lipinski definition) is 1. The van der Waals surface area contributed by atoms with Crippen LogP contribution in [0.15, 0.2) is 30.3 Å². The minimum Gasteiger partial charge on any atom is -0.289 e. The minimum absolute atomic E-state index is 0.250. The van der Waals surface area contributed by atoms with Gasteiger partial charge in [0.25, 0.3) is 0 Å². The SMILES string of the molecule is N=CN(F)c1ccccc1. The number of nitrogens with one attached hydrogen (secondary N) is 1. The summed E-state index contributed by atoms with van der Waals surface area (Å²) in [6, 6.07) is 8.40. The largest absolute Gasteiger partial charge is 0.289 e. The molecule has 0 heterocycles. The standard InChI is InChI=1S/C7H7FN2/c8-10(6-9)7-4-2-1-3-5-7/h1-6,9H. The molecule has 0 bridgehead atoms. The van der Waals surface area contributed by atoms with Gasteiger partial charge in [0.1, 0.15) is 6.34 Å². The van der Waals surface area contributed by atoms with Gasteiger partial charge >= 0.3 is 0 Å². The number of benzene rings is 1. The van der Waals surface area contributed by atoms with E-state index in [4.69, 9.17) is 5.41 Å². The molecule has 1 N–H and O–H groups in total. The highest BCUT2D eigenvalue weighted by Gasteiger charge is 1.96. The maximum atomic E-state index is 12.5. The molecule has 0 saturated heterocycles. The highest BCUT2D eigenvalue weighted by atomic mass is 19.2. The van der Waals surface area contributed by atoms with Crippen LogP contribution in [0, 0.1) is 5.41 Å². The molecule has 0 unspecified atom stereocenters. The Morgan fingerprint density at radius 1 is 1.30 bits per heavy atom. The molecule has 0 fully saturated rings. The van der Waals surface area contributed by atoms with Crippen molar-refractivity contribution in [1.29, 1.82) is 5.41 Å². The lowest BCUT2D eigenvalue weighted by molar-refractivity contribution is 0.526. The molecule has 0 aromatic heterocycles. The van der Waals surface area contributed by atoms with Gasteiger partial charge in [-0.25, -0.2) is 0 Å². The summed E-state index contributed by atoms with van der Waals surface area (Å²) in [5.41, 5.74) is 0.373. The van der Waals surface area contributed by atoms with Crippen LogP contribution in [0.5, 0.6) is 0 Å². The minimum atomic E-state index is 0.250. The second kappa shape index (κ2) is 2.96. The van der Waals surface area contributed by atoms with Crippen LogP contribution in [-0.2, 0) is 0 Å². The zero-order chi connectivity index (χ0) is 7.40. The molecule has 0 aliphatic rings. The Labute approximate surface area is 58.3 Å². The van der Waals surface area contributed by atoms with Gasteiger partial charge in [-0.05, 0) is 12.1 Å². The third-order valence-electron chi connectivity index (χ3n) is 1.12. The van der Waals surface area contributed by atoms with E-state index >= 15 is 0 Å². The molecule has 52 valence electrons. The first-order chi connectivity index (χ1) is 4.84. The summed E-state index contributed by atoms with van der Waals surface area (Å²) in [7, 11) is 0. The molecule has 1 aromatic rings.